The van der Waals surface area contributed by atoms with Crippen molar-refractivity contribution in [1.29, 1.82) is 0 Å². The molecule has 2 fully saturated rings. The van der Waals surface area contributed by atoms with Gasteiger partial charge in [0.1, 0.15) is 18.0 Å². The topological polar surface area (TPSA) is 65.6 Å². The predicted molar refractivity (Wildman–Crippen MR) is 196 cm³/mol. The fourth-order valence-corrected chi connectivity index (χ4v) is 6.73. The van der Waals surface area contributed by atoms with Gasteiger partial charge in [0.05, 0.1) is 16.6 Å². The summed E-state index contributed by atoms with van der Waals surface area (Å²) >= 11 is 12.9. The quantitative estimate of drug-likeness (QED) is 0.226. The molecule has 260 valence electrons. The number of nitrogens with zero attached hydrogens (tertiary/aromatic N) is 4. The Morgan fingerprint density at radius 3 is 2.33 bits per heavy atom. The number of benzene rings is 3. The Kier molecular flexibility index (Phi) is 10.8. The molecule has 2 heterocycles. The van der Waals surface area contributed by atoms with Crippen molar-refractivity contribution in [3.63, 3.8) is 0 Å². The smallest absolute Gasteiger partial charge is 0.410 e. The maximum atomic E-state index is 14.5. The van der Waals surface area contributed by atoms with Gasteiger partial charge in [0.25, 0.3) is 5.91 Å². The fourth-order valence-electron chi connectivity index (χ4n) is 6.35. The zero-order valence-corrected chi connectivity index (χ0v) is 30.4. The molecule has 8 nitrogen and oxygen atoms in total. The van der Waals surface area contributed by atoms with Gasteiger partial charge in [-0.25, -0.2) is 4.79 Å². The summed E-state index contributed by atoms with van der Waals surface area (Å²) in [5.41, 5.74) is 4.87. The Labute approximate surface area is 300 Å². The van der Waals surface area contributed by atoms with Crippen molar-refractivity contribution in [3.05, 3.63) is 99.0 Å². The molecule has 0 aromatic heterocycles. The minimum Gasteiger partial charge on any atom is -0.489 e. The van der Waals surface area contributed by atoms with Crippen molar-refractivity contribution in [3.8, 4) is 5.75 Å². The lowest BCUT2D eigenvalue weighted by atomic mass is 9.92. The first-order valence-electron chi connectivity index (χ1n) is 17.1. The number of amides is 2. The highest BCUT2D eigenvalue weighted by Gasteiger charge is 2.38. The number of likely N-dealkylation sites (N-methyl/N-ethyl adjacent to an activating group) is 1. The van der Waals surface area contributed by atoms with Gasteiger partial charge in [-0.3, -0.25) is 4.79 Å². The molecule has 3 aliphatic rings. The normalized spacial score (nSPS) is 17.3. The molecule has 0 unspecified atom stereocenters. The summed E-state index contributed by atoms with van der Waals surface area (Å²) in [5, 5.41) is 0.911. The van der Waals surface area contributed by atoms with E-state index in [1.54, 1.807) is 11.0 Å². The van der Waals surface area contributed by atoms with E-state index in [9.17, 15) is 9.59 Å². The lowest BCUT2D eigenvalue weighted by Crippen LogP contribution is -2.44. The van der Waals surface area contributed by atoms with Crippen molar-refractivity contribution < 1.29 is 19.1 Å². The minimum atomic E-state index is -0.648. The number of hydrogen-bond acceptors (Lipinski definition) is 6. The molecule has 3 aromatic rings. The maximum absolute atomic E-state index is 14.5. The summed E-state index contributed by atoms with van der Waals surface area (Å²) in [4.78, 5) is 36.0. The molecule has 0 N–H and O–H groups in total. The third-order valence-corrected chi connectivity index (χ3v) is 10.1. The van der Waals surface area contributed by atoms with Gasteiger partial charge in [-0.1, -0.05) is 59.6 Å². The van der Waals surface area contributed by atoms with E-state index in [1.165, 1.54) is 5.69 Å². The molecule has 1 saturated carbocycles. The van der Waals surface area contributed by atoms with Crippen molar-refractivity contribution >= 4 is 46.5 Å². The summed E-state index contributed by atoms with van der Waals surface area (Å²) < 4.78 is 12.0. The number of rotatable bonds is 9. The molecule has 49 heavy (non-hydrogen) atoms. The van der Waals surface area contributed by atoms with Gasteiger partial charge < -0.3 is 29.1 Å². The number of hydrogen-bond donors (Lipinski definition) is 0. The second-order valence-electron chi connectivity index (χ2n) is 14.3. The lowest BCUT2D eigenvalue weighted by Gasteiger charge is -2.34. The van der Waals surface area contributed by atoms with E-state index in [0.29, 0.717) is 41.7 Å². The summed E-state index contributed by atoms with van der Waals surface area (Å²) in [5.74, 6) is 0.618. The van der Waals surface area contributed by atoms with E-state index >= 15 is 0 Å². The van der Waals surface area contributed by atoms with E-state index in [0.717, 1.165) is 67.0 Å². The molecule has 6 rings (SSSR count). The van der Waals surface area contributed by atoms with Crippen LogP contribution in [-0.4, -0.2) is 84.7 Å². The molecule has 1 aliphatic carbocycles. The van der Waals surface area contributed by atoms with E-state index in [2.05, 4.69) is 41.1 Å². The monoisotopic (exact) mass is 704 g/mol. The highest BCUT2D eigenvalue weighted by atomic mass is 35.5. The van der Waals surface area contributed by atoms with Gasteiger partial charge in [0.15, 0.2) is 0 Å². The molecule has 2 amide bonds. The van der Waals surface area contributed by atoms with Crippen LogP contribution in [0.1, 0.15) is 56.7 Å². The van der Waals surface area contributed by atoms with Gasteiger partial charge in [-0.15, -0.1) is 0 Å². The van der Waals surface area contributed by atoms with Crippen molar-refractivity contribution in [2.45, 2.75) is 64.8 Å². The van der Waals surface area contributed by atoms with Crippen LogP contribution in [0.4, 0.5) is 10.5 Å². The molecule has 0 radical (unpaired) electrons. The Morgan fingerprint density at radius 2 is 1.63 bits per heavy atom. The molecule has 0 spiro atoms. The Hall–Kier alpha value is -3.72. The van der Waals surface area contributed by atoms with Crippen molar-refractivity contribution in [1.82, 2.24) is 14.7 Å². The Balaban J connectivity index is 1.24. The second kappa shape index (κ2) is 15.0. The largest absolute Gasteiger partial charge is 0.489 e. The molecular weight excluding hydrogens is 659 g/mol. The molecule has 3 aromatic carbocycles. The van der Waals surface area contributed by atoms with Gasteiger partial charge in [-0.05, 0) is 99.7 Å². The van der Waals surface area contributed by atoms with Gasteiger partial charge >= 0.3 is 6.09 Å². The van der Waals surface area contributed by atoms with E-state index in [1.807, 2.05) is 62.1 Å². The summed E-state index contributed by atoms with van der Waals surface area (Å²) in [6.45, 7) is 11.1. The van der Waals surface area contributed by atoms with E-state index in [4.69, 9.17) is 32.7 Å². The van der Waals surface area contributed by atoms with Crippen LogP contribution in [-0.2, 0) is 22.7 Å². The van der Waals surface area contributed by atoms with Crippen LogP contribution in [0.15, 0.2) is 72.3 Å². The van der Waals surface area contributed by atoms with Crippen LogP contribution in [0, 0.1) is 0 Å². The fraction of sp³-hybridized carbons (Fsp3) is 0.436. The van der Waals surface area contributed by atoms with Crippen LogP contribution >= 0.6 is 23.2 Å². The first-order chi connectivity index (χ1) is 23.4. The van der Waals surface area contributed by atoms with Crippen LogP contribution in [0.5, 0.6) is 5.75 Å². The Morgan fingerprint density at radius 1 is 0.918 bits per heavy atom. The van der Waals surface area contributed by atoms with Crippen molar-refractivity contribution in [2.24, 2.45) is 0 Å². The zero-order chi connectivity index (χ0) is 34.7. The van der Waals surface area contributed by atoms with Crippen LogP contribution in [0.25, 0.3) is 5.57 Å². The Bertz CT molecular complexity index is 1690. The number of halogens is 2. The highest BCUT2D eigenvalue weighted by Crippen LogP contribution is 2.37. The average molecular weight is 706 g/mol. The zero-order valence-electron chi connectivity index (χ0n) is 28.9. The summed E-state index contributed by atoms with van der Waals surface area (Å²) in [7, 11) is 2.16. The highest BCUT2D eigenvalue weighted by molar-refractivity contribution is 6.42. The van der Waals surface area contributed by atoms with Crippen LogP contribution in [0.3, 0.4) is 0 Å². The minimum absolute atomic E-state index is 0.102. The molecule has 0 bridgehead atoms. The standard InChI is InChI=1S/C39H46Cl2N4O4/c1-39(2,3)49-38(47)44-18-17-33(34(25-44)37(46)45(31-15-16-31)24-29-8-6-10-35(40)36(29)41)28-7-5-9-32(23-28)48-26-27-11-13-30(14-12-27)43-21-19-42(4)20-22-43/h5-14,23,31H,15-22,24-26H2,1-4H3. The number of ether oxygens (including phenoxy) is 2. The predicted octanol–water partition coefficient (Wildman–Crippen LogP) is 7.91. The van der Waals surface area contributed by atoms with Gasteiger partial charge in [0.2, 0.25) is 0 Å². The first-order valence-corrected chi connectivity index (χ1v) is 17.9. The molecule has 1 saturated heterocycles. The van der Waals surface area contributed by atoms with Gasteiger partial charge in [-0.2, -0.15) is 0 Å². The number of carbonyl (C=O) groups excluding carboxylic acids is 2. The van der Waals surface area contributed by atoms with Crippen LogP contribution < -0.4 is 9.64 Å². The van der Waals surface area contributed by atoms with Crippen LogP contribution in [0.2, 0.25) is 10.0 Å². The molecular formula is C39H46Cl2N4O4. The second-order valence-corrected chi connectivity index (χ2v) is 15.0. The average Bonchev–Trinajstić information content (AvgIpc) is 3.93. The van der Waals surface area contributed by atoms with Crippen molar-refractivity contribution in [2.75, 3.05) is 51.2 Å². The number of piperazine rings is 1. The number of carbonyl (C=O) groups is 2. The SMILES string of the molecule is CN1CCN(c2ccc(COc3cccc(C4=C(C(=O)N(Cc5cccc(Cl)c5Cl)C5CC5)CN(C(=O)OC(C)(C)C)CC4)c3)cc2)CC1. The summed E-state index contributed by atoms with van der Waals surface area (Å²) in [6.07, 6.45) is 1.92. The molecule has 2 aliphatic heterocycles. The maximum Gasteiger partial charge on any atom is 0.410 e. The van der Waals surface area contributed by atoms with E-state index < -0.39 is 11.7 Å². The third kappa shape index (κ3) is 8.91. The van der Waals surface area contributed by atoms with Gasteiger partial charge in [0, 0.05) is 56.6 Å². The molecule has 0 atom stereocenters. The third-order valence-electron chi connectivity index (χ3n) is 9.27. The van der Waals surface area contributed by atoms with E-state index in [-0.39, 0.29) is 18.5 Å². The number of anilines is 1. The summed E-state index contributed by atoms with van der Waals surface area (Å²) in [6, 6.07) is 22.1. The lowest BCUT2D eigenvalue weighted by molar-refractivity contribution is -0.128. The first kappa shape index (κ1) is 35.1. The molecule has 10 heteroatoms.